The van der Waals surface area contributed by atoms with Crippen LogP contribution in [0.15, 0.2) is 23.3 Å². The Kier molecular flexibility index (Phi) is 2.25. The molecule has 0 radical (unpaired) electrons. The maximum absolute atomic E-state index is 5.66. The lowest BCUT2D eigenvalue weighted by atomic mass is 10.3. The lowest BCUT2D eigenvalue weighted by molar-refractivity contribution is 0.301. The maximum atomic E-state index is 5.66. The van der Waals surface area contributed by atoms with Crippen molar-refractivity contribution in [2.45, 2.75) is 18.9 Å². The molecule has 1 aromatic rings. The molecule has 0 amide bonds. The van der Waals surface area contributed by atoms with Crippen molar-refractivity contribution in [3.8, 4) is 5.75 Å². The second kappa shape index (κ2) is 3.56. The van der Waals surface area contributed by atoms with Gasteiger partial charge in [0.05, 0.1) is 12.3 Å². The van der Waals surface area contributed by atoms with Crippen LogP contribution in [-0.2, 0) is 0 Å². The molecular formula is C10H12N2O. The van der Waals surface area contributed by atoms with Crippen LogP contribution in [0.1, 0.15) is 18.5 Å². The Morgan fingerprint density at radius 2 is 2.46 bits per heavy atom. The van der Waals surface area contributed by atoms with Gasteiger partial charge >= 0.3 is 0 Å². The van der Waals surface area contributed by atoms with E-state index in [2.05, 4.69) is 9.98 Å². The van der Waals surface area contributed by atoms with Crippen LogP contribution in [0.25, 0.3) is 0 Å². The van der Waals surface area contributed by atoms with Gasteiger partial charge in [-0.05, 0) is 25.0 Å². The molecule has 0 spiro atoms. The summed E-state index contributed by atoms with van der Waals surface area (Å²) in [6.45, 7) is 0. The van der Waals surface area contributed by atoms with Gasteiger partial charge in [0.25, 0.3) is 0 Å². The molecule has 13 heavy (non-hydrogen) atoms. The first kappa shape index (κ1) is 8.23. The Hall–Kier alpha value is -1.38. The van der Waals surface area contributed by atoms with Crippen molar-refractivity contribution in [1.29, 1.82) is 0 Å². The van der Waals surface area contributed by atoms with Crippen molar-refractivity contribution in [2.75, 3.05) is 7.05 Å². The lowest BCUT2D eigenvalue weighted by Crippen LogP contribution is -2.00. The molecule has 2 rings (SSSR count). The average Bonchev–Trinajstić information content (AvgIpc) is 2.93. The highest BCUT2D eigenvalue weighted by molar-refractivity contribution is 5.80. The van der Waals surface area contributed by atoms with Crippen LogP contribution in [-0.4, -0.2) is 24.4 Å². The third kappa shape index (κ3) is 2.05. The van der Waals surface area contributed by atoms with Crippen LogP contribution in [0.5, 0.6) is 5.75 Å². The summed E-state index contributed by atoms with van der Waals surface area (Å²) in [5.41, 5.74) is 0.817. The van der Waals surface area contributed by atoms with Gasteiger partial charge in [0.1, 0.15) is 11.4 Å². The highest BCUT2D eigenvalue weighted by atomic mass is 16.5. The third-order valence-corrected chi connectivity index (χ3v) is 1.87. The molecule has 0 aromatic carbocycles. The van der Waals surface area contributed by atoms with E-state index in [0.717, 1.165) is 24.3 Å². The number of aromatic nitrogens is 1. The topological polar surface area (TPSA) is 34.5 Å². The zero-order valence-electron chi connectivity index (χ0n) is 7.60. The number of pyridine rings is 1. The second-order valence-electron chi connectivity index (χ2n) is 3.09. The fourth-order valence-electron chi connectivity index (χ4n) is 1.09. The maximum Gasteiger partial charge on any atom is 0.146 e. The summed E-state index contributed by atoms with van der Waals surface area (Å²) in [4.78, 5) is 8.10. The van der Waals surface area contributed by atoms with Crippen molar-refractivity contribution in [1.82, 2.24) is 4.98 Å². The number of hydrogen-bond acceptors (Lipinski definition) is 3. The minimum absolute atomic E-state index is 0.410. The Morgan fingerprint density at radius 3 is 3.15 bits per heavy atom. The number of ether oxygens (including phenoxy) is 1. The first-order valence-corrected chi connectivity index (χ1v) is 4.44. The van der Waals surface area contributed by atoms with Crippen molar-refractivity contribution >= 4 is 6.21 Å². The van der Waals surface area contributed by atoms with E-state index >= 15 is 0 Å². The molecule has 68 valence electrons. The summed E-state index contributed by atoms with van der Waals surface area (Å²) in [6.07, 6.45) is 6.21. The van der Waals surface area contributed by atoms with E-state index in [9.17, 15) is 0 Å². The Balaban J connectivity index is 2.19. The van der Waals surface area contributed by atoms with Gasteiger partial charge in [-0.15, -0.1) is 0 Å². The van der Waals surface area contributed by atoms with Crippen LogP contribution in [0.3, 0.4) is 0 Å². The second-order valence-corrected chi connectivity index (χ2v) is 3.09. The number of hydrogen-bond donors (Lipinski definition) is 0. The summed E-state index contributed by atoms with van der Waals surface area (Å²) >= 11 is 0. The normalized spacial score (nSPS) is 16.4. The first-order chi connectivity index (χ1) is 6.40. The highest BCUT2D eigenvalue weighted by Gasteiger charge is 2.24. The standard InChI is InChI=1S/C10H12N2O/c1-11-7-9-10(3-2-6-12-9)13-8-4-5-8/h2-3,6-8H,4-5H2,1H3. The van der Waals surface area contributed by atoms with Gasteiger partial charge in [0, 0.05) is 13.2 Å². The summed E-state index contributed by atoms with van der Waals surface area (Å²) < 4.78 is 5.66. The quantitative estimate of drug-likeness (QED) is 0.656. The molecule has 3 heteroatoms. The zero-order valence-corrected chi connectivity index (χ0v) is 7.60. The van der Waals surface area contributed by atoms with E-state index in [0.29, 0.717) is 6.10 Å². The van der Waals surface area contributed by atoms with Crippen LogP contribution in [0.2, 0.25) is 0 Å². The molecule has 1 heterocycles. The van der Waals surface area contributed by atoms with E-state index < -0.39 is 0 Å². The molecule has 0 atom stereocenters. The van der Waals surface area contributed by atoms with Gasteiger partial charge in [-0.3, -0.25) is 9.98 Å². The number of rotatable bonds is 3. The van der Waals surface area contributed by atoms with E-state index in [-0.39, 0.29) is 0 Å². The number of aliphatic imine (C=N–C) groups is 1. The van der Waals surface area contributed by atoms with E-state index in [1.807, 2.05) is 12.1 Å². The van der Waals surface area contributed by atoms with E-state index in [1.165, 1.54) is 0 Å². The van der Waals surface area contributed by atoms with Crippen molar-refractivity contribution in [2.24, 2.45) is 4.99 Å². The Bertz CT molecular complexity index is 318. The number of nitrogens with zero attached hydrogens (tertiary/aromatic N) is 2. The molecular weight excluding hydrogens is 164 g/mol. The molecule has 0 saturated heterocycles. The third-order valence-electron chi connectivity index (χ3n) is 1.87. The smallest absolute Gasteiger partial charge is 0.146 e. The van der Waals surface area contributed by atoms with Crippen LogP contribution in [0, 0.1) is 0 Å². The molecule has 1 aliphatic carbocycles. The van der Waals surface area contributed by atoms with E-state index in [1.54, 1.807) is 19.5 Å². The Labute approximate surface area is 77.5 Å². The first-order valence-electron chi connectivity index (χ1n) is 4.44. The minimum atomic E-state index is 0.410. The van der Waals surface area contributed by atoms with Gasteiger partial charge in [0.2, 0.25) is 0 Å². The predicted molar refractivity (Wildman–Crippen MR) is 51.4 cm³/mol. The molecule has 1 aromatic heterocycles. The lowest BCUT2D eigenvalue weighted by Gasteiger charge is -2.05. The monoisotopic (exact) mass is 176 g/mol. The molecule has 0 aliphatic heterocycles. The molecule has 0 unspecified atom stereocenters. The Morgan fingerprint density at radius 1 is 1.62 bits per heavy atom. The van der Waals surface area contributed by atoms with Gasteiger partial charge in [-0.1, -0.05) is 0 Å². The predicted octanol–water partition coefficient (Wildman–Crippen LogP) is 1.67. The molecule has 1 saturated carbocycles. The fourth-order valence-corrected chi connectivity index (χ4v) is 1.09. The highest BCUT2D eigenvalue weighted by Crippen LogP contribution is 2.27. The van der Waals surface area contributed by atoms with Crippen LogP contribution >= 0.6 is 0 Å². The van der Waals surface area contributed by atoms with Crippen LogP contribution in [0.4, 0.5) is 0 Å². The van der Waals surface area contributed by atoms with Gasteiger partial charge in [0.15, 0.2) is 0 Å². The van der Waals surface area contributed by atoms with Crippen molar-refractivity contribution in [3.05, 3.63) is 24.0 Å². The summed E-state index contributed by atoms with van der Waals surface area (Å²) in [5.74, 6) is 0.843. The van der Waals surface area contributed by atoms with Gasteiger partial charge in [-0.2, -0.15) is 0 Å². The molecule has 0 bridgehead atoms. The average molecular weight is 176 g/mol. The van der Waals surface area contributed by atoms with Gasteiger partial charge < -0.3 is 4.74 Å². The zero-order chi connectivity index (χ0) is 9.10. The van der Waals surface area contributed by atoms with Gasteiger partial charge in [-0.25, -0.2) is 0 Å². The molecule has 1 aliphatic rings. The van der Waals surface area contributed by atoms with Crippen LogP contribution < -0.4 is 4.74 Å². The summed E-state index contributed by atoms with van der Waals surface area (Å²) in [7, 11) is 1.73. The molecule has 1 fully saturated rings. The summed E-state index contributed by atoms with van der Waals surface area (Å²) in [5, 5.41) is 0. The van der Waals surface area contributed by atoms with E-state index in [4.69, 9.17) is 4.74 Å². The van der Waals surface area contributed by atoms with Crippen molar-refractivity contribution < 1.29 is 4.74 Å². The fraction of sp³-hybridized carbons (Fsp3) is 0.400. The summed E-state index contributed by atoms with van der Waals surface area (Å²) in [6, 6.07) is 3.81. The molecule has 0 N–H and O–H groups in total. The minimum Gasteiger partial charge on any atom is -0.488 e. The molecule has 3 nitrogen and oxygen atoms in total. The van der Waals surface area contributed by atoms with Crippen molar-refractivity contribution in [3.63, 3.8) is 0 Å². The largest absolute Gasteiger partial charge is 0.488 e. The SMILES string of the molecule is CN=Cc1ncccc1OC1CC1.